The molecule has 1 aliphatic heterocycles. The van der Waals surface area contributed by atoms with Gasteiger partial charge in [0.05, 0.1) is 19.8 Å². The summed E-state index contributed by atoms with van der Waals surface area (Å²) >= 11 is 1.24. The molecule has 0 spiro atoms. The van der Waals surface area contributed by atoms with Crippen LogP contribution in [-0.4, -0.2) is 44.9 Å². The number of rotatable bonds is 6. The van der Waals surface area contributed by atoms with Gasteiger partial charge < -0.3 is 10.1 Å². The number of sulfonamides is 1. The number of nitrogens with one attached hydrogen (secondary N) is 1. The zero-order valence-corrected chi connectivity index (χ0v) is 15.1. The molecule has 3 fully saturated rings. The number of thiophene rings is 1. The number of nitrogens with zero attached hydrogens (tertiary/aromatic N) is 1. The Morgan fingerprint density at radius 1 is 1.29 bits per heavy atom. The third-order valence-electron chi connectivity index (χ3n) is 5.04. The molecule has 2 aliphatic carbocycles. The first-order chi connectivity index (χ1) is 11.6. The molecular formula is C16H22N2O4S2. The first kappa shape index (κ1) is 16.5. The van der Waals surface area contributed by atoms with Gasteiger partial charge >= 0.3 is 0 Å². The van der Waals surface area contributed by atoms with E-state index < -0.39 is 10.0 Å². The molecule has 6 nitrogen and oxygen atoms in total. The van der Waals surface area contributed by atoms with Gasteiger partial charge in [-0.15, -0.1) is 11.3 Å². The lowest BCUT2D eigenvalue weighted by atomic mass is 10.2. The van der Waals surface area contributed by atoms with Crippen molar-refractivity contribution >= 4 is 27.3 Å². The van der Waals surface area contributed by atoms with Crippen molar-refractivity contribution in [2.24, 2.45) is 17.8 Å². The summed E-state index contributed by atoms with van der Waals surface area (Å²) in [5.41, 5.74) is 0. The third kappa shape index (κ3) is 3.37. The fourth-order valence-corrected chi connectivity index (χ4v) is 6.23. The number of ether oxygens (including phenoxy) is 1. The highest BCUT2D eigenvalue weighted by Crippen LogP contribution is 2.54. The van der Waals surface area contributed by atoms with Crippen molar-refractivity contribution in [3.8, 4) is 0 Å². The number of carbonyl (C=O) groups is 1. The molecule has 4 rings (SSSR count). The summed E-state index contributed by atoms with van der Waals surface area (Å²) in [7, 11) is -3.44. The topological polar surface area (TPSA) is 75.7 Å². The van der Waals surface area contributed by atoms with E-state index in [1.54, 1.807) is 12.1 Å². The molecule has 24 heavy (non-hydrogen) atoms. The van der Waals surface area contributed by atoms with Crippen molar-refractivity contribution in [1.82, 2.24) is 9.62 Å². The van der Waals surface area contributed by atoms with Gasteiger partial charge in [-0.3, -0.25) is 4.79 Å². The molecule has 0 radical (unpaired) electrons. The summed E-state index contributed by atoms with van der Waals surface area (Å²) in [4.78, 5) is 13.0. The third-order valence-corrected chi connectivity index (χ3v) is 8.49. The van der Waals surface area contributed by atoms with Gasteiger partial charge in [-0.2, -0.15) is 4.31 Å². The zero-order valence-electron chi connectivity index (χ0n) is 13.4. The van der Waals surface area contributed by atoms with Crippen molar-refractivity contribution in [2.75, 3.05) is 26.3 Å². The van der Waals surface area contributed by atoms with Crippen LogP contribution >= 0.6 is 11.3 Å². The van der Waals surface area contributed by atoms with Crippen LogP contribution < -0.4 is 5.32 Å². The van der Waals surface area contributed by atoms with E-state index in [-0.39, 0.29) is 11.8 Å². The van der Waals surface area contributed by atoms with Crippen LogP contribution in [0.5, 0.6) is 0 Å². The van der Waals surface area contributed by atoms with E-state index in [0.29, 0.717) is 43.0 Å². The highest BCUT2D eigenvalue weighted by atomic mass is 32.2. The lowest BCUT2D eigenvalue weighted by Gasteiger charge is -2.25. The molecule has 1 aromatic rings. The van der Waals surface area contributed by atoms with Gasteiger partial charge in [0, 0.05) is 23.9 Å². The van der Waals surface area contributed by atoms with Crippen molar-refractivity contribution in [3.63, 3.8) is 0 Å². The summed E-state index contributed by atoms with van der Waals surface area (Å²) in [6, 6.07) is 3.44. The van der Waals surface area contributed by atoms with Crippen LogP contribution in [0.1, 0.15) is 24.1 Å². The predicted octanol–water partition coefficient (Wildman–Crippen LogP) is 1.43. The van der Waals surface area contributed by atoms with E-state index in [1.165, 1.54) is 28.5 Å². The molecule has 132 valence electrons. The molecular weight excluding hydrogens is 348 g/mol. The van der Waals surface area contributed by atoms with Gasteiger partial charge in [0.1, 0.15) is 4.21 Å². The molecule has 1 aromatic heterocycles. The number of hydrogen-bond acceptors (Lipinski definition) is 5. The van der Waals surface area contributed by atoms with Crippen molar-refractivity contribution < 1.29 is 17.9 Å². The van der Waals surface area contributed by atoms with E-state index in [2.05, 4.69) is 5.32 Å². The molecule has 1 saturated heterocycles. The maximum Gasteiger partial charge on any atom is 0.252 e. The molecule has 1 amide bonds. The number of carbonyl (C=O) groups excluding carboxylic acids is 1. The van der Waals surface area contributed by atoms with Crippen molar-refractivity contribution in [3.05, 3.63) is 17.0 Å². The second-order valence-electron chi connectivity index (χ2n) is 6.80. The van der Waals surface area contributed by atoms with E-state index in [0.717, 1.165) is 17.2 Å². The van der Waals surface area contributed by atoms with Crippen molar-refractivity contribution in [1.29, 1.82) is 0 Å². The summed E-state index contributed by atoms with van der Waals surface area (Å²) in [6.45, 7) is 2.09. The standard InChI is InChI=1S/C16H22N2O4S2/c19-16(14-9-13(14)11-1-2-11)17-10-12-3-4-15(23-12)24(20,21)18-5-7-22-8-6-18/h3-4,11,13-14H,1-2,5-10H2,(H,17,19)/t13-,14+/m0/s1. The first-order valence-corrected chi connectivity index (χ1v) is 10.8. The lowest BCUT2D eigenvalue weighted by molar-refractivity contribution is -0.122. The van der Waals surface area contributed by atoms with Crippen LogP contribution in [0.3, 0.4) is 0 Å². The summed E-state index contributed by atoms with van der Waals surface area (Å²) in [5, 5.41) is 2.96. The fourth-order valence-electron chi connectivity index (χ4n) is 3.37. The quantitative estimate of drug-likeness (QED) is 0.822. The second kappa shape index (κ2) is 6.40. The second-order valence-corrected chi connectivity index (χ2v) is 10.1. The predicted molar refractivity (Wildman–Crippen MR) is 90.1 cm³/mol. The number of amides is 1. The molecule has 3 aliphatic rings. The molecule has 0 unspecified atom stereocenters. The Balaban J connectivity index is 1.33. The van der Waals surface area contributed by atoms with Crippen LogP contribution in [-0.2, 0) is 26.1 Å². The summed E-state index contributed by atoms with van der Waals surface area (Å²) in [5.74, 6) is 1.70. The minimum absolute atomic E-state index is 0.123. The Bertz CT molecular complexity index is 720. The van der Waals surface area contributed by atoms with Crippen LogP contribution in [0.25, 0.3) is 0 Å². The highest BCUT2D eigenvalue weighted by molar-refractivity contribution is 7.91. The van der Waals surface area contributed by atoms with Gasteiger partial charge in [0.25, 0.3) is 10.0 Å². The zero-order chi connectivity index (χ0) is 16.7. The van der Waals surface area contributed by atoms with E-state index >= 15 is 0 Å². The summed E-state index contributed by atoms with van der Waals surface area (Å²) < 4.78 is 32.2. The average molecular weight is 370 g/mol. The Kier molecular flexibility index (Phi) is 4.40. The Morgan fingerprint density at radius 2 is 2.04 bits per heavy atom. The van der Waals surface area contributed by atoms with Gasteiger partial charge in [0.2, 0.25) is 5.91 Å². The molecule has 8 heteroatoms. The average Bonchev–Trinajstić information content (AvgIpc) is 3.49. The first-order valence-electron chi connectivity index (χ1n) is 8.50. The SMILES string of the molecule is O=C(NCc1ccc(S(=O)(=O)N2CCOCC2)s1)[C@@H]1C[C@H]1C1CC1. The Morgan fingerprint density at radius 3 is 2.75 bits per heavy atom. The Labute approximate surface area is 146 Å². The lowest BCUT2D eigenvalue weighted by Crippen LogP contribution is -2.40. The Hall–Kier alpha value is -0.960. The van der Waals surface area contributed by atoms with Crippen LogP contribution in [0.2, 0.25) is 0 Å². The molecule has 0 bridgehead atoms. The van der Waals surface area contributed by atoms with Gasteiger partial charge in [-0.1, -0.05) is 0 Å². The molecule has 0 aromatic carbocycles. The van der Waals surface area contributed by atoms with E-state index in [1.807, 2.05) is 0 Å². The monoisotopic (exact) mass is 370 g/mol. The van der Waals surface area contributed by atoms with Crippen molar-refractivity contribution in [2.45, 2.75) is 30.0 Å². The van der Waals surface area contributed by atoms with Crippen LogP contribution in [0, 0.1) is 17.8 Å². The number of morpholine rings is 1. The minimum Gasteiger partial charge on any atom is -0.379 e. The normalized spacial score (nSPS) is 27.8. The fraction of sp³-hybridized carbons (Fsp3) is 0.688. The van der Waals surface area contributed by atoms with Gasteiger partial charge in [-0.25, -0.2) is 8.42 Å². The van der Waals surface area contributed by atoms with Crippen LogP contribution in [0.4, 0.5) is 0 Å². The van der Waals surface area contributed by atoms with Crippen LogP contribution in [0.15, 0.2) is 16.3 Å². The molecule has 2 saturated carbocycles. The largest absolute Gasteiger partial charge is 0.379 e. The highest BCUT2D eigenvalue weighted by Gasteiger charge is 2.50. The molecule has 1 N–H and O–H groups in total. The van der Waals surface area contributed by atoms with Gasteiger partial charge in [-0.05, 0) is 43.2 Å². The van der Waals surface area contributed by atoms with E-state index in [9.17, 15) is 13.2 Å². The van der Waals surface area contributed by atoms with E-state index in [4.69, 9.17) is 4.74 Å². The summed E-state index contributed by atoms with van der Waals surface area (Å²) in [6.07, 6.45) is 3.59. The minimum atomic E-state index is -3.44. The smallest absolute Gasteiger partial charge is 0.252 e. The maximum absolute atomic E-state index is 12.6. The molecule has 2 atom stereocenters. The van der Waals surface area contributed by atoms with Gasteiger partial charge in [0.15, 0.2) is 0 Å². The maximum atomic E-state index is 12.6. The number of hydrogen-bond donors (Lipinski definition) is 1. The molecule has 2 heterocycles.